The smallest absolute Gasteiger partial charge is 0.143 e. The molecule has 20 heavy (non-hydrogen) atoms. The van der Waals surface area contributed by atoms with E-state index in [2.05, 4.69) is 72.4 Å². The maximum atomic E-state index is 6.64. The summed E-state index contributed by atoms with van der Waals surface area (Å²) < 4.78 is 0. The number of rotatable bonds is 2. The Morgan fingerprint density at radius 1 is 0.800 bits per heavy atom. The highest BCUT2D eigenvalue weighted by Crippen LogP contribution is 2.47. The van der Waals surface area contributed by atoms with Crippen LogP contribution >= 0.6 is 0 Å². The molecule has 0 aliphatic carbocycles. The van der Waals surface area contributed by atoms with Crippen LogP contribution in [-0.4, -0.2) is 29.5 Å². The van der Waals surface area contributed by atoms with Crippen molar-refractivity contribution in [2.75, 3.05) is 0 Å². The summed E-state index contributed by atoms with van der Waals surface area (Å²) in [7, 11) is 0. The van der Waals surface area contributed by atoms with Gasteiger partial charge in [0.05, 0.1) is 18.5 Å². The predicted octanol–water partition coefficient (Wildman–Crippen LogP) is 2.79. The molecular weight excluding hydrogens is 254 g/mol. The summed E-state index contributed by atoms with van der Waals surface area (Å²) in [5.41, 5.74) is 4.68. The fourth-order valence-corrected chi connectivity index (χ4v) is 2.72. The molecule has 0 spiro atoms. The lowest BCUT2D eigenvalue weighted by atomic mass is 9.59. The molecular formula is C13H23N7. The lowest BCUT2D eigenvalue weighted by Gasteiger charge is -2.49. The second-order valence-electron chi connectivity index (χ2n) is 7.50. The Kier molecular flexibility index (Phi) is 3.16. The summed E-state index contributed by atoms with van der Waals surface area (Å²) in [6, 6.07) is -0.458. The average Bonchev–Trinajstić information content (AvgIpc) is 2.97. The molecule has 0 bridgehead atoms. The van der Waals surface area contributed by atoms with Crippen molar-refractivity contribution >= 4 is 12.4 Å². The molecule has 0 amide bonds. The van der Waals surface area contributed by atoms with Gasteiger partial charge in [0.1, 0.15) is 11.1 Å². The molecule has 0 aromatic heterocycles. The molecule has 0 aromatic rings. The van der Waals surface area contributed by atoms with Gasteiger partial charge >= 0.3 is 0 Å². The van der Waals surface area contributed by atoms with Crippen LogP contribution in [-0.2, 0) is 0 Å². The molecule has 2 aliphatic heterocycles. The SMILES string of the molecule is CC(C)(C)C1(C(N)C2(C(C)(C)C)C=NN=N2)C=NN=N1. The molecule has 0 fully saturated rings. The van der Waals surface area contributed by atoms with Gasteiger partial charge in [-0.3, -0.25) is 0 Å². The van der Waals surface area contributed by atoms with E-state index in [0.717, 1.165) is 0 Å². The van der Waals surface area contributed by atoms with Crippen LogP contribution in [0.5, 0.6) is 0 Å². The van der Waals surface area contributed by atoms with Crippen molar-refractivity contribution in [2.45, 2.75) is 58.7 Å². The first-order valence-electron chi connectivity index (χ1n) is 6.75. The van der Waals surface area contributed by atoms with Crippen molar-refractivity contribution in [1.82, 2.24) is 0 Å². The van der Waals surface area contributed by atoms with Crippen molar-refractivity contribution in [3.05, 3.63) is 0 Å². The van der Waals surface area contributed by atoms with Gasteiger partial charge in [0.15, 0.2) is 0 Å². The number of nitrogens with two attached hydrogens (primary N) is 1. The minimum atomic E-state index is -0.727. The molecule has 2 unspecified atom stereocenters. The second kappa shape index (κ2) is 4.25. The van der Waals surface area contributed by atoms with E-state index in [-0.39, 0.29) is 10.8 Å². The van der Waals surface area contributed by atoms with E-state index in [1.165, 1.54) is 0 Å². The Morgan fingerprint density at radius 2 is 1.15 bits per heavy atom. The van der Waals surface area contributed by atoms with Gasteiger partial charge in [-0.2, -0.15) is 10.2 Å². The number of hydrogen-bond donors (Lipinski definition) is 1. The zero-order valence-corrected chi connectivity index (χ0v) is 13.0. The fraction of sp³-hybridized carbons (Fsp3) is 0.846. The summed E-state index contributed by atoms with van der Waals surface area (Å²) in [4.78, 5) is 0. The quantitative estimate of drug-likeness (QED) is 0.824. The molecule has 0 saturated heterocycles. The molecule has 0 radical (unpaired) electrons. The highest BCUT2D eigenvalue weighted by molar-refractivity contribution is 5.81. The summed E-state index contributed by atoms with van der Waals surface area (Å²) >= 11 is 0. The third-order valence-corrected chi connectivity index (χ3v) is 4.38. The van der Waals surface area contributed by atoms with Gasteiger partial charge in [0.25, 0.3) is 0 Å². The molecule has 2 N–H and O–H groups in total. The van der Waals surface area contributed by atoms with Crippen LogP contribution in [0.3, 0.4) is 0 Å². The van der Waals surface area contributed by atoms with Crippen LogP contribution in [0.15, 0.2) is 30.9 Å². The van der Waals surface area contributed by atoms with Gasteiger partial charge in [-0.15, -0.1) is 10.2 Å². The molecule has 2 heterocycles. The second-order valence-corrected chi connectivity index (χ2v) is 7.50. The van der Waals surface area contributed by atoms with E-state index in [1.54, 1.807) is 12.4 Å². The van der Waals surface area contributed by atoms with Crippen LogP contribution in [0, 0.1) is 10.8 Å². The average molecular weight is 277 g/mol. The Morgan fingerprint density at radius 3 is 1.35 bits per heavy atom. The molecule has 2 aliphatic rings. The molecule has 7 heteroatoms. The monoisotopic (exact) mass is 277 g/mol. The Hall–Kier alpha value is -1.50. The van der Waals surface area contributed by atoms with Crippen LogP contribution in [0.4, 0.5) is 0 Å². The Labute approximate surface area is 119 Å². The fourth-order valence-electron chi connectivity index (χ4n) is 2.72. The highest BCUT2D eigenvalue weighted by atomic mass is 15.5. The number of nitrogens with zero attached hydrogens (tertiary/aromatic N) is 6. The lowest BCUT2D eigenvalue weighted by Crippen LogP contribution is -2.69. The highest BCUT2D eigenvalue weighted by Gasteiger charge is 2.61. The standard InChI is InChI=1S/C13H23N7/c1-10(2,3)12(7-15-19-17-12)9(14)13(11(4,5)6)8-16-20-18-13/h7-9H,14H2,1-6H3. The molecule has 7 nitrogen and oxygen atoms in total. The van der Waals surface area contributed by atoms with Gasteiger partial charge in [-0.05, 0) is 21.3 Å². The van der Waals surface area contributed by atoms with Crippen LogP contribution in [0.2, 0.25) is 0 Å². The van der Waals surface area contributed by atoms with E-state index in [9.17, 15) is 0 Å². The topological polar surface area (TPSA) is 100 Å². The van der Waals surface area contributed by atoms with E-state index >= 15 is 0 Å². The van der Waals surface area contributed by atoms with E-state index in [0.29, 0.717) is 0 Å². The van der Waals surface area contributed by atoms with Crippen LogP contribution in [0.1, 0.15) is 41.5 Å². The summed E-state index contributed by atoms with van der Waals surface area (Å²) in [5, 5.41) is 24.2. The van der Waals surface area contributed by atoms with Crippen molar-refractivity contribution in [2.24, 2.45) is 47.4 Å². The molecule has 110 valence electrons. The molecule has 0 aromatic carbocycles. The molecule has 2 atom stereocenters. The lowest BCUT2D eigenvalue weighted by molar-refractivity contribution is 0.136. The summed E-state index contributed by atoms with van der Waals surface area (Å²) in [5.74, 6) is 0. The third-order valence-electron chi connectivity index (χ3n) is 4.38. The summed E-state index contributed by atoms with van der Waals surface area (Å²) in [6.07, 6.45) is 3.46. The van der Waals surface area contributed by atoms with Gasteiger partial charge in [-0.25, -0.2) is 0 Å². The Bertz CT molecular complexity index is 432. The van der Waals surface area contributed by atoms with Gasteiger partial charge in [0, 0.05) is 0 Å². The van der Waals surface area contributed by atoms with Crippen molar-refractivity contribution in [3.63, 3.8) is 0 Å². The predicted molar refractivity (Wildman–Crippen MR) is 79.0 cm³/mol. The minimum absolute atomic E-state index is 0.250. The first kappa shape index (κ1) is 14.9. The minimum Gasteiger partial charge on any atom is -0.323 e. The van der Waals surface area contributed by atoms with E-state index in [4.69, 9.17) is 5.73 Å². The van der Waals surface area contributed by atoms with Crippen LogP contribution in [0.25, 0.3) is 0 Å². The van der Waals surface area contributed by atoms with Crippen molar-refractivity contribution < 1.29 is 0 Å². The van der Waals surface area contributed by atoms with Gasteiger partial charge in [-0.1, -0.05) is 41.5 Å². The third kappa shape index (κ3) is 1.83. The summed E-state index contributed by atoms with van der Waals surface area (Å²) in [6.45, 7) is 12.4. The van der Waals surface area contributed by atoms with Crippen LogP contribution < -0.4 is 5.73 Å². The zero-order valence-electron chi connectivity index (χ0n) is 13.0. The maximum Gasteiger partial charge on any atom is 0.143 e. The largest absolute Gasteiger partial charge is 0.323 e. The van der Waals surface area contributed by atoms with E-state index < -0.39 is 17.1 Å². The first-order chi connectivity index (χ1) is 9.07. The maximum absolute atomic E-state index is 6.64. The van der Waals surface area contributed by atoms with Gasteiger partial charge in [0.2, 0.25) is 0 Å². The van der Waals surface area contributed by atoms with Crippen molar-refractivity contribution in [3.8, 4) is 0 Å². The Balaban J connectivity index is 2.56. The number of hydrogen-bond acceptors (Lipinski definition) is 7. The molecule has 2 rings (SSSR count). The first-order valence-corrected chi connectivity index (χ1v) is 6.75. The van der Waals surface area contributed by atoms with E-state index in [1.807, 2.05) is 0 Å². The van der Waals surface area contributed by atoms with Gasteiger partial charge < -0.3 is 5.73 Å². The van der Waals surface area contributed by atoms with Crippen molar-refractivity contribution in [1.29, 1.82) is 0 Å². The molecule has 0 saturated carbocycles. The normalized spacial score (nSPS) is 34.1. The zero-order chi connectivity index (χ0) is 15.2.